The number of para-hydroxylation sites is 1. The highest BCUT2D eigenvalue weighted by molar-refractivity contribution is 6.45. The Morgan fingerprint density at radius 3 is 2.36 bits per heavy atom. The number of rotatable bonds is 3. The second-order valence-electron chi connectivity index (χ2n) is 8.92. The summed E-state index contributed by atoms with van der Waals surface area (Å²) < 4.78 is 1.96. The Labute approximate surface area is 169 Å². The molecule has 1 aliphatic heterocycles. The van der Waals surface area contributed by atoms with E-state index >= 15 is 0 Å². The van der Waals surface area contributed by atoms with Gasteiger partial charge in [-0.25, -0.2) is 0 Å². The van der Waals surface area contributed by atoms with Crippen LogP contribution >= 0.6 is 0 Å². The van der Waals surface area contributed by atoms with Crippen LogP contribution in [0.2, 0.25) is 11.1 Å². The van der Waals surface area contributed by atoms with Crippen LogP contribution in [0.5, 0.6) is 0 Å². The van der Waals surface area contributed by atoms with Crippen LogP contribution in [0, 0.1) is 0 Å². The third-order valence-corrected chi connectivity index (χ3v) is 4.76. The van der Waals surface area contributed by atoms with E-state index in [4.69, 9.17) is 0 Å². The molecule has 0 saturated heterocycles. The van der Waals surface area contributed by atoms with E-state index in [1.807, 2.05) is 4.59 Å². The molecule has 2 heterocycles. The molecule has 2 radical (unpaired) electrons. The molecule has 28 heavy (non-hydrogen) atoms. The summed E-state index contributed by atoms with van der Waals surface area (Å²) in [6, 6.07) is 17.1. The molecule has 3 aromatic rings. The summed E-state index contributed by atoms with van der Waals surface area (Å²) in [6.07, 6.45) is 0. The van der Waals surface area contributed by atoms with Gasteiger partial charge >= 0.3 is 0 Å². The summed E-state index contributed by atoms with van der Waals surface area (Å²) >= 11 is 0. The van der Waals surface area contributed by atoms with Gasteiger partial charge in [-0.2, -0.15) is 0 Å². The molecule has 0 atom stereocenters. The number of fused-ring (bicyclic) bond motifs is 5. The van der Waals surface area contributed by atoms with E-state index in [1.165, 1.54) is 16.8 Å². The van der Waals surface area contributed by atoms with Gasteiger partial charge in [0.2, 0.25) is 0 Å². The Hall–Kier alpha value is -2.49. The van der Waals surface area contributed by atoms with Gasteiger partial charge in [-0.15, -0.1) is 5.10 Å². The molecule has 4 nitrogen and oxygen atoms in total. The largest absolute Gasteiger partial charge is 0.414 e. The molecule has 0 fully saturated rings. The second-order valence-corrected chi connectivity index (χ2v) is 8.92. The third-order valence-electron chi connectivity index (χ3n) is 4.76. The molecule has 2 aromatic carbocycles. The predicted octanol–water partition coefficient (Wildman–Crippen LogP) is 5.07. The van der Waals surface area contributed by atoms with Gasteiger partial charge in [-0.05, 0) is 22.8 Å². The fourth-order valence-electron chi connectivity index (χ4n) is 3.78. The minimum atomic E-state index is 0.0626. The lowest BCUT2D eigenvalue weighted by Gasteiger charge is -2.34. The van der Waals surface area contributed by atoms with Crippen molar-refractivity contribution in [1.82, 2.24) is 14.9 Å². The van der Waals surface area contributed by atoms with Crippen LogP contribution < -0.4 is 4.81 Å². The van der Waals surface area contributed by atoms with Gasteiger partial charge in [0, 0.05) is 23.4 Å². The number of hydrogen-bond acceptors (Lipinski definition) is 3. The Kier molecular flexibility index (Phi) is 4.82. The van der Waals surface area contributed by atoms with Gasteiger partial charge in [0.1, 0.15) is 5.69 Å². The smallest absolute Gasteiger partial charge is 0.285 e. The van der Waals surface area contributed by atoms with Crippen molar-refractivity contribution in [3.8, 4) is 22.5 Å². The zero-order valence-electron chi connectivity index (χ0n) is 17.3. The Bertz CT molecular complexity index is 988. The lowest BCUT2D eigenvalue weighted by molar-refractivity contribution is 0.741. The van der Waals surface area contributed by atoms with Crippen LogP contribution in [-0.2, 0) is 6.54 Å². The standard InChI is InChI=1S/C22H26B2N4/c1-15(2)23-28-21-17-11-7-6-10-16(17)14-27(24-22(3,4)5)19-13-9-8-12-18(19)20(21)25-26-28/h6-13,15H,14H2,1-5H3. The molecule has 4 rings (SSSR count). The van der Waals surface area contributed by atoms with Crippen LogP contribution in [0.25, 0.3) is 22.5 Å². The minimum Gasteiger partial charge on any atom is -0.414 e. The Morgan fingerprint density at radius 1 is 0.964 bits per heavy atom. The van der Waals surface area contributed by atoms with Gasteiger partial charge in [0.15, 0.2) is 0 Å². The number of aromatic nitrogens is 3. The van der Waals surface area contributed by atoms with Crippen molar-refractivity contribution < 1.29 is 0 Å². The van der Waals surface area contributed by atoms with E-state index in [0.717, 1.165) is 23.5 Å². The van der Waals surface area contributed by atoms with Crippen LogP contribution in [0.3, 0.4) is 0 Å². The highest BCUT2D eigenvalue weighted by Gasteiger charge is 2.29. The molecule has 0 saturated carbocycles. The summed E-state index contributed by atoms with van der Waals surface area (Å²) in [5, 5.41) is 9.19. The monoisotopic (exact) mass is 368 g/mol. The SMILES string of the molecule is CC(C)[B]n1nnc2c1-c1ccccc1CN([B]C(C)(C)C)c1ccccc1-2. The molecule has 6 heteroatoms. The van der Waals surface area contributed by atoms with Crippen molar-refractivity contribution in [2.24, 2.45) is 0 Å². The lowest BCUT2D eigenvalue weighted by Crippen LogP contribution is -2.34. The molecule has 1 aliphatic rings. The first-order valence-electron chi connectivity index (χ1n) is 9.94. The lowest BCUT2D eigenvalue weighted by atomic mass is 9.62. The van der Waals surface area contributed by atoms with E-state index in [9.17, 15) is 0 Å². The first kappa shape index (κ1) is 18.9. The Morgan fingerprint density at radius 2 is 1.64 bits per heavy atom. The van der Waals surface area contributed by atoms with Crippen LogP contribution in [0.15, 0.2) is 48.5 Å². The molecular weight excluding hydrogens is 342 g/mol. The zero-order chi connectivity index (χ0) is 19.9. The highest BCUT2D eigenvalue weighted by Crippen LogP contribution is 2.41. The predicted molar refractivity (Wildman–Crippen MR) is 119 cm³/mol. The minimum absolute atomic E-state index is 0.0626. The molecule has 0 amide bonds. The van der Waals surface area contributed by atoms with E-state index in [-0.39, 0.29) is 5.31 Å². The number of nitrogens with zero attached hydrogens (tertiary/aromatic N) is 4. The first-order chi connectivity index (χ1) is 13.3. The zero-order valence-corrected chi connectivity index (χ0v) is 17.3. The summed E-state index contributed by atoms with van der Waals surface area (Å²) in [7, 11) is 4.45. The van der Waals surface area contributed by atoms with Crippen molar-refractivity contribution in [1.29, 1.82) is 0 Å². The summed E-state index contributed by atoms with van der Waals surface area (Å²) in [5.74, 6) is 0.379. The van der Waals surface area contributed by atoms with Crippen molar-refractivity contribution in [2.75, 3.05) is 4.81 Å². The average molecular weight is 368 g/mol. The van der Waals surface area contributed by atoms with Crippen LogP contribution in [0.4, 0.5) is 5.69 Å². The highest BCUT2D eigenvalue weighted by atomic mass is 15.4. The van der Waals surface area contributed by atoms with Gasteiger partial charge in [0.05, 0.1) is 5.69 Å². The molecule has 0 N–H and O–H groups in total. The maximum Gasteiger partial charge on any atom is 0.285 e. The maximum absolute atomic E-state index is 4.62. The second kappa shape index (κ2) is 7.16. The number of anilines is 1. The molecule has 0 bridgehead atoms. The molecule has 140 valence electrons. The molecule has 1 aromatic heterocycles. The van der Waals surface area contributed by atoms with E-state index < -0.39 is 0 Å². The quantitative estimate of drug-likeness (QED) is 0.606. The third kappa shape index (κ3) is 3.60. The van der Waals surface area contributed by atoms with Crippen molar-refractivity contribution in [3.05, 3.63) is 54.1 Å². The molecule has 0 aliphatic carbocycles. The normalized spacial score (nSPS) is 13.3. The molecule has 0 spiro atoms. The average Bonchev–Trinajstić information content (AvgIpc) is 3.01. The first-order valence-corrected chi connectivity index (χ1v) is 9.94. The molecule has 0 unspecified atom stereocenters. The topological polar surface area (TPSA) is 34.0 Å². The molecular formula is C22H26B2N4. The number of hydrogen-bond donors (Lipinski definition) is 0. The maximum atomic E-state index is 4.62. The number of benzene rings is 2. The summed E-state index contributed by atoms with van der Waals surface area (Å²) in [4.78, 5) is 2.36. The van der Waals surface area contributed by atoms with Crippen LogP contribution in [0.1, 0.15) is 40.2 Å². The van der Waals surface area contributed by atoms with Gasteiger partial charge in [-0.3, -0.25) is 4.59 Å². The fraction of sp³-hybridized carbons (Fsp3) is 0.364. The van der Waals surface area contributed by atoms with Gasteiger partial charge in [-0.1, -0.05) is 82.3 Å². The summed E-state index contributed by atoms with van der Waals surface area (Å²) in [6.45, 7) is 11.9. The van der Waals surface area contributed by atoms with E-state index in [1.54, 1.807) is 0 Å². The van der Waals surface area contributed by atoms with Crippen LogP contribution in [-0.4, -0.2) is 29.7 Å². The fourth-order valence-corrected chi connectivity index (χ4v) is 3.78. The van der Waals surface area contributed by atoms with E-state index in [2.05, 4.69) is 113 Å². The Balaban J connectivity index is 1.97. The summed E-state index contributed by atoms with van der Waals surface area (Å²) in [5.41, 5.74) is 6.78. The van der Waals surface area contributed by atoms with Crippen molar-refractivity contribution in [3.63, 3.8) is 0 Å². The van der Waals surface area contributed by atoms with Gasteiger partial charge in [0.25, 0.3) is 14.8 Å². The van der Waals surface area contributed by atoms with Crippen molar-refractivity contribution in [2.45, 2.75) is 52.3 Å². The van der Waals surface area contributed by atoms with Crippen molar-refractivity contribution >= 4 is 20.5 Å². The van der Waals surface area contributed by atoms with E-state index in [0.29, 0.717) is 5.82 Å². The van der Waals surface area contributed by atoms with Gasteiger partial charge < -0.3 is 4.81 Å².